The summed E-state index contributed by atoms with van der Waals surface area (Å²) in [5.74, 6) is 0.594. The summed E-state index contributed by atoms with van der Waals surface area (Å²) in [5.41, 5.74) is 15.2. The molecule has 3 aromatic rings. The average molecular weight is 527 g/mol. The molecule has 1 aliphatic heterocycles. The van der Waals surface area contributed by atoms with Crippen LogP contribution < -0.4 is 26.6 Å². The fraction of sp³-hybridized carbons (Fsp3) is 0.360. The molecule has 2 aliphatic rings. The van der Waals surface area contributed by atoms with Gasteiger partial charge in [-0.1, -0.05) is 48.2 Å². The Kier molecular flexibility index (Phi) is 6.36. The monoisotopic (exact) mass is 526 g/mol. The van der Waals surface area contributed by atoms with Crippen LogP contribution in [-0.4, -0.2) is 38.1 Å². The number of rotatable bonds is 5. The van der Waals surface area contributed by atoms with E-state index in [2.05, 4.69) is 32.8 Å². The number of piperidine rings is 1. The number of hydrogen-bond donors (Lipinski definition) is 3. The molecule has 1 saturated heterocycles. The van der Waals surface area contributed by atoms with Crippen molar-refractivity contribution < 1.29 is 8.42 Å². The standard InChI is InChI=1S/C25H30N6O3S2/c1-28-36(33,34)19-10-6-5-9-18(19)35-20-22(27)29-24(30(2)23(20)32)31-13-11-25(12-14-31)15-16-7-3-4-8-17(16)21(25)26/h3-10,21,28H,11-15,26-27H2,1-2H3/t21-/m1/s1. The van der Waals surface area contributed by atoms with E-state index in [-0.39, 0.29) is 32.6 Å². The van der Waals surface area contributed by atoms with Crippen molar-refractivity contribution in [2.45, 2.75) is 40.0 Å². The van der Waals surface area contributed by atoms with E-state index in [1.54, 1.807) is 25.2 Å². The van der Waals surface area contributed by atoms with Crippen LogP contribution in [0.3, 0.4) is 0 Å². The third kappa shape index (κ3) is 4.09. The van der Waals surface area contributed by atoms with Gasteiger partial charge in [0.15, 0.2) is 0 Å². The van der Waals surface area contributed by atoms with Crippen molar-refractivity contribution in [3.63, 3.8) is 0 Å². The van der Waals surface area contributed by atoms with Gasteiger partial charge in [0.25, 0.3) is 5.56 Å². The first kappa shape index (κ1) is 24.8. The van der Waals surface area contributed by atoms with E-state index in [9.17, 15) is 13.2 Å². The number of anilines is 2. The molecule has 1 aromatic heterocycles. The van der Waals surface area contributed by atoms with Crippen LogP contribution in [0.4, 0.5) is 11.8 Å². The van der Waals surface area contributed by atoms with Crippen molar-refractivity contribution >= 4 is 33.6 Å². The van der Waals surface area contributed by atoms with Crippen molar-refractivity contribution in [2.75, 3.05) is 30.8 Å². The highest BCUT2D eigenvalue weighted by Crippen LogP contribution is 2.51. The molecule has 190 valence electrons. The Morgan fingerprint density at radius 1 is 1.11 bits per heavy atom. The number of nitrogens with zero attached hydrogens (tertiary/aromatic N) is 3. The zero-order valence-electron chi connectivity index (χ0n) is 20.3. The summed E-state index contributed by atoms with van der Waals surface area (Å²) in [7, 11) is -0.685. The molecule has 0 saturated carbocycles. The fourth-order valence-electron chi connectivity index (χ4n) is 5.40. The maximum atomic E-state index is 13.3. The van der Waals surface area contributed by atoms with Gasteiger partial charge in [0.1, 0.15) is 10.7 Å². The highest BCUT2D eigenvalue weighted by Gasteiger charge is 2.46. The molecular formula is C25H30N6O3S2. The Balaban J connectivity index is 1.40. The van der Waals surface area contributed by atoms with E-state index < -0.39 is 10.0 Å². The molecule has 5 N–H and O–H groups in total. The van der Waals surface area contributed by atoms with Crippen molar-refractivity contribution in [1.29, 1.82) is 0 Å². The summed E-state index contributed by atoms with van der Waals surface area (Å²) in [6.45, 7) is 1.44. The number of nitrogens with one attached hydrogen (secondary N) is 1. The largest absolute Gasteiger partial charge is 0.382 e. The Morgan fingerprint density at radius 2 is 1.78 bits per heavy atom. The molecule has 0 bridgehead atoms. The molecule has 0 amide bonds. The van der Waals surface area contributed by atoms with Gasteiger partial charge in [-0.2, -0.15) is 4.98 Å². The van der Waals surface area contributed by atoms with E-state index in [0.717, 1.165) is 44.1 Å². The highest BCUT2D eigenvalue weighted by molar-refractivity contribution is 8.00. The van der Waals surface area contributed by atoms with Crippen molar-refractivity contribution in [3.05, 3.63) is 70.0 Å². The third-order valence-corrected chi connectivity index (χ3v) is 10.3. The smallest absolute Gasteiger partial charge is 0.270 e. The molecule has 11 heteroatoms. The number of nitrogens with two attached hydrogens (primary N) is 2. The zero-order valence-corrected chi connectivity index (χ0v) is 21.9. The molecule has 0 radical (unpaired) electrons. The summed E-state index contributed by atoms with van der Waals surface area (Å²) >= 11 is 1.01. The Labute approximate surface area is 215 Å². The van der Waals surface area contributed by atoms with Crippen LogP contribution in [0.5, 0.6) is 0 Å². The number of aromatic nitrogens is 2. The van der Waals surface area contributed by atoms with Gasteiger partial charge in [-0.15, -0.1) is 0 Å². The second-order valence-electron chi connectivity index (χ2n) is 9.45. The number of fused-ring (bicyclic) bond motifs is 1. The van der Waals surface area contributed by atoms with Crippen LogP contribution >= 0.6 is 11.8 Å². The van der Waals surface area contributed by atoms with Crippen LogP contribution in [0.1, 0.15) is 30.0 Å². The van der Waals surface area contributed by atoms with E-state index >= 15 is 0 Å². The SMILES string of the molecule is CNS(=O)(=O)c1ccccc1Sc1c(N)nc(N2CCC3(CC2)Cc2ccccc2[C@H]3N)n(C)c1=O. The number of sulfonamides is 1. The van der Waals surface area contributed by atoms with Crippen LogP contribution in [0, 0.1) is 5.41 Å². The van der Waals surface area contributed by atoms with Gasteiger partial charge < -0.3 is 16.4 Å². The average Bonchev–Trinajstić information content (AvgIpc) is 3.16. The van der Waals surface area contributed by atoms with Gasteiger partial charge in [-0.05, 0) is 55.0 Å². The zero-order chi connectivity index (χ0) is 25.7. The first-order chi connectivity index (χ1) is 17.2. The van der Waals surface area contributed by atoms with Gasteiger partial charge >= 0.3 is 0 Å². The molecule has 5 rings (SSSR count). The van der Waals surface area contributed by atoms with Gasteiger partial charge in [-0.25, -0.2) is 13.1 Å². The Bertz CT molecular complexity index is 1480. The van der Waals surface area contributed by atoms with Crippen molar-refractivity contribution in [2.24, 2.45) is 18.2 Å². The quantitative estimate of drug-likeness (QED) is 0.461. The lowest BCUT2D eigenvalue weighted by Crippen LogP contribution is -2.46. The summed E-state index contributed by atoms with van der Waals surface area (Å²) in [5, 5.41) is 0. The Morgan fingerprint density at radius 3 is 2.47 bits per heavy atom. The molecule has 1 atom stereocenters. The van der Waals surface area contributed by atoms with Gasteiger partial charge in [0.05, 0.1) is 4.90 Å². The topological polar surface area (TPSA) is 136 Å². The lowest BCUT2D eigenvalue weighted by atomic mass is 9.73. The molecule has 2 heterocycles. The molecule has 9 nitrogen and oxygen atoms in total. The predicted molar refractivity (Wildman–Crippen MR) is 142 cm³/mol. The first-order valence-electron chi connectivity index (χ1n) is 11.8. The van der Waals surface area contributed by atoms with Crippen molar-refractivity contribution in [1.82, 2.24) is 14.3 Å². The minimum Gasteiger partial charge on any atom is -0.382 e. The van der Waals surface area contributed by atoms with Gasteiger partial charge in [0, 0.05) is 31.1 Å². The maximum absolute atomic E-state index is 13.3. The highest BCUT2D eigenvalue weighted by atomic mass is 32.2. The Hall–Kier alpha value is -2.86. The maximum Gasteiger partial charge on any atom is 0.270 e. The van der Waals surface area contributed by atoms with Crippen LogP contribution in [0.25, 0.3) is 0 Å². The molecule has 1 fully saturated rings. The molecule has 1 spiro atoms. The molecular weight excluding hydrogens is 496 g/mol. The second kappa shape index (κ2) is 9.22. The van der Waals surface area contributed by atoms with Gasteiger partial charge in [-0.3, -0.25) is 9.36 Å². The summed E-state index contributed by atoms with van der Waals surface area (Å²) in [6, 6.07) is 14.9. The van der Waals surface area contributed by atoms with E-state index in [1.165, 1.54) is 28.8 Å². The van der Waals surface area contributed by atoms with Crippen LogP contribution in [0.15, 0.2) is 68.0 Å². The summed E-state index contributed by atoms with van der Waals surface area (Å²) < 4.78 is 28.7. The summed E-state index contributed by atoms with van der Waals surface area (Å²) in [4.78, 5) is 20.7. The first-order valence-corrected chi connectivity index (χ1v) is 14.1. The number of benzene rings is 2. The number of nitrogen functional groups attached to an aromatic ring is 1. The molecule has 1 aliphatic carbocycles. The van der Waals surface area contributed by atoms with Crippen LogP contribution in [-0.2, 0) is 23.5 Å². The van der Waals surface area contributed by atoms with E-state index in [4.69, 9.17) is 11.5 Å². The minimum absolute atomic E-state index is 0.00503. The molecule has 2 aromatic carbocycles. The second-order valence-corrected chi connectivity index (χ2v) is 12.4. The lowest BCUT2D eigenvalue weighted by molar-refractivity contribution is 0.186. The predicted octanol–water partition coefficient (Wildman–Crippen LogP) is 2.26. The van der Waals surface area contributed by atoms with E-state index in [1.807, 2.05) is 6.07 Å². The van der Waals surface area contributed by atoms with Crippen molar-refractivity contribution in [3.8, 4) is 0 Å². The fourth-order valence-corrected chi connectivity index (χ4v) is 7.57. The minimum atomic E-state index is -3.70. The number of hydrogen-bond acceptors (Lipinski definition) is 8. The third-order valence-electron chi connectivity index (χ3n) is 7.51. The normalized spacial score (nSPS) is 19.0. The van der Waals surface area contributed by atoms with Gasteiger partial charge in [0.2, 0.25) is 16.0 Å². The lowest BCUT2D eigenvalue weighted by Gasteiger charge is -2.42. The molecule has 0 unspecified atom stereocenters. The summed E-state index contributed by atoms with van der Waals surface area (Å²) in [6.07, 6.45) is 2.76. The van der Waals surface area contributed by atoms with E-state index in [0.29, 0.717) is 10.8 Å². The van der Waals surface area contributed by atoms with Crippen LogP contribution in [0.2, 0.25) is 0 Å². The molecule has 36 heavy (non-hydrogen) atoms.